The summed E-state index contributed by atoms with van der Waals surface area (Å²) in [6, 6.07) is 2.20. The van der Waals surface area contributed by atoms with Crippen LogP contribution >= 0.6 is 43.2 Å². The molecule has 14 heavy (non-hydrogen) atoms. The standard InChI is InChI=1S/C10H12Br2OS/c1-6-7(11)5-9(14-6)10(12)8-3-2-4-13-8/h5,8,10H,2-4H2,1H3. The van der Waals surface area contributed by atoms with Gasteiger partial charge in [0.25, 0.3) is 0 Å². The molecule has 0 bridgehead atoms. The van der Waals surface area contributed by atoms with E-state index in [2.05, 4.69) is 44.8 Å². The SMILES string of the molecule is Cc1sc(C(Br)C2CCCO2)cc1Br. The van der Waals surface area contributed by atoms with E-state index >= 15 is 0 Å². The van der Waals surface area contributed by atoms with Crippen molar-refractivity contribution in [2.75, 3.05) is 6.61 Å². The van der Waals surface area contributed by atoms with Gasteiger partial charge in [-0.15, -0.1) is 11.3 Å². The summed E-state index contributed by atoms with van der Waals surface area (Å²) in [4.78, 5) is 3.06. The van der Waals surface area contributed by atoms with Crippen LogP contribution in [0.15, 0.2) is 10.5 Å². The highest BCUT2D eigenvalue weighted by atomic mass is 79.9. The van der Waals surface area contributed by atoms with Crippen LogP contribution in [0.2, 0.25) is 0 Å². The summed E-state index contributed by atoms with van der Waals surface area (Å²) in [5, 5.41) is 0. The van der Waals surface area contributed by atoms with Crippen molar-refractivity contribution >= 4 is 43.2 Å². The molecule has 0 amide bonds. The molecule has 0 aromatic carbocycles. The zero-order valence-electron chi connectivity index (χ0n) is 7.93. The molecule has 2 atom stereocenters. The zero-order valence-corrected chi connectivity index (χ0v) is 11.9. The molecule has 1 aromatic heterocycles. The molecule has 1 aliphatic heterocycles. The van der Waals surface area contributed by atoms with E-state index in [1.165, 1.54) is 27.1 Å². The van der Waals surface area contributed by atoms with Crippen molar-refractivity contribution in [1.82, 2.24) is 0 Å². The molecule has 0 aliphatic carbocycles. The van der Waals surface area contributed by atoms with Gasteiger partial charge in [-0.2, -0.15) is 0 Å². The summed E-state index contributed by atoms with van der Waals surface area (Å²) >= 11 is 9.10. The lowest BCUT2D eigenvalue weighted by Crippen LogP contribution is -2.10. The van der Waals surface area contributed by atoms with Crippen LogP contribution in [0.3, 0.4) is 0 Å². The number of ether oxygens (including phenoxy) is 1. The van der Waals surface area contributed by atoms with E-state index in [1.54, 1.807) is 0 Å². The lowest BCUT2D eigenvalue weighted by atomic mass is 10.1. The highest BCUT2D eigenvalue weighted by molar-refractivity contribution is 9.10. The fraction of sp³-hybridized carbons (Fsp3) is 0.600. The van der Waals surface area contributed by atoms with Gasteiger partial charge in [-0.25, -0.2) is 0 Å². The van der Waals surface area contributed by atoms with Crippen molar-refractivity contribution in [1.29, 1.82) is 0 Å². The van der Waals surface area contributed by atoms with Gasteiger partial charge >= 0.3 is 0 Å². The van der Waals surface area contributed by atoms with Gasteiger partial charge in [-0.1, -0.05) is 15.9 Å². The summed E-state index contributed by atoms with van der Waals surface area (Å²) in [5.41, 5.74) is 0. The highest BCUT2D eigenvalue weighted by Gasteiger charge is 2.26. The van der Waals surface area contributed by atoms with E-state index in [-0.39, 0.29) is 0 Å². The summed E-state index contributed by atoms with van der Waals surface area (Å²) in [5.74, 6) is 0. The first-order chi connectivity index (χ1) is 6.68. The summed E-state index contributed by atoms with van der Waals surface area (Å²) in [7, 11) is 0. The van der Waals surface area contributed by atoms with Gasteiger partial charge in [0.2, 0.25) is 0 Å². The van der Waals surface area contributed by atoms with E-state index < -0.39 is 0 Å². The number of rotatable bonds is 2. The van der Waals surface area contributed by atoms with Gasteiger partial charge in [-0.05, 0) is 41.8 Å². The number of aryl methyl sites for hydroxylation is 1. The third-order valence-electron chi connectivity index (χ3n) is 2.44. The first kappa shape index (κ1) is 11.1. The summed E-state index contributed by atoms with van der Waals surface area (Å²) in [6.45, 7) is 3.05. The van der Waals surface area contributed by atoms with Crippen molar-refractivity contribution in [2.24, 2.45) is 0 Å². The average Bonchev–Trinajstić information content (AvgIpc) is 2.76. The van der Waals surface area contributed by atoms with Crippen LogP contribution in [-0.4, -0.2) is 12.7 Å². The molecule has 1 saturated heterocycles. The number of hydrogen-bond donors (Lipinski definition) is 0. The van der Waals surface area contributed by atoms with Crippen molar-refractivity contribution < 1.29 is 4.74 Å². The normalized spacial score (nSPS) is 24.1. The Balaban J connectivity index is 2.13. The Labute approximate surface area is 105 Å². The van der Waals surface area contributed by atoms with Crippen LogP contribution in [0.25, 0.3) is 0 Å². The Hall–Kier alpha value is 0.620. The molecular formula is C10H12Br2OS. The molecule has 0 spiro atoms. The molecule has 4 heteroatoms. The fourth-order valence-electron chi connectivity index (χ4n) is 1.63. The van der Waals surface area contributed by atoms with Crippen LogP contribution in [-0.2, 0) is 4.74 Å². The molecule has 1 fully saturated rings. The van der Waals surface area contributed by atoms with E-state index in [0.29, 0.717) is 10.9 Å². The largest absolute Gasteiger partial charge is 0.377 e. The van der Waals surface area contributed by atoms with Crippen LogP contribution < -0.4 is 0 Å². The highest BCUT2D eigenvalue weighted by Crippen LogP contribution is 2.39. The second-order valence-corrected chi connectivity index (χ2v) is 6.63. The van der Waals surface area contributed by atoms with Crippen LogP contribution in [0.1, 0.15) is 27.4 Å². The third kappa shape index (κ3) is 2.23. The predicted molar refractivity (Wildman–Crippen MR) is 67.4 cm³/mol. The number of alkyl halides is 1. The quantitative estimate of drug-likeness (QED) is 0.724. The lowest BCUT2D eigenvalue weighted by molar-refractivity contribution is 0.111. The Morgan fingerprint density at radius 2 is 2.43 bits per heavy atom. The minimum absolute atomic E-state index is 0.361. The van der Waals surface area contributed by atoms with Crippen LogP contribution in [0.5, 0.6) is 0 Å². The molecule has 2 heterocycles. The third-order valence-corrected chi connectivity index (χ3v) is 6.05. The maximum atomic E-state index is 5.66. The molecule has 78 valence electrons. The van der Waals surface area contributed by atoms with E-state index in [4.69, 9.17) is 4.74 Å². The smallest absolute Gasteiger partial charge is 0.0751 e. The fourth-order valence-corrected chi connectivity index (χ4v) is 4.06. The molecule has 1 nitrogen and oxygen atoms in total. The van der Waals surface area contributed by atoms with Gasteiger partial charge in [0.15, 0.2) is 0 Å². The Morgan fingerprint density at radius 3 is 2.93 bits per heavy atom. The van der Waals surface area contributed by atoms with Crippen LogP contribution in [0.4, 0.5) is 0 Å². The Bertz CT molecular complexity index is 298. The van der Waals surface area contributed by atoms with Gasteiger partial charge in [0.05, 0.1) is 10.9 Å². The maximum absolute atomic E-state index is 5.66. The van der Waals surface area contributed by atoms with E-state index in [1.807, 2.05) is 11.3 Å². The van der Waals surface area contributed by atoms with Crippen LogP contribution in [0, 0.1) is 6.92 Å². The second-order valence-electron chi connectivity index (χ2n) is 3.51. The van der Waals surface area contributed by atoms with Gasteiger partial charge in [0.1, 0.15) is 0 Å². The molecule has 0 radical (unpaired) electrons. The maximum Gasteiger partial charge on any atom is 0.0751 e. The molecular weight excluding hydrogens is 328 g/mol. The zero-order chi connectivity index (χ0) is 10.1. The molecule has 2 unspecified atom stereocenters. The Morgan fingerprint density at radius 1 is 1.64 bits per heavy atom. The minimum Gasteiger partial charge on any atom is -0.377 e. The van der Waals surface area contributed by atoms with Crippen molar-refractivity contribution in [3.05, 3.63) is 20.3 Å². The number of halogens is 2. The average molecular weight is 340 g/mol. The minimum atomic E-state index is 0.361. The lowest BCUT2D eigenvalue weighted by Gasteiger charge is -2.14. The molecule has 0 saturated carbocycles. The second kappa shape index (κ2) is 4.64. The van der Waals surface area contributed by atoms with E-state index in [0.717, 1.165) is 6.61 Å². The molecule has 0 N–H and O–H groups in total. The first-order valence-corrected chi connectivity index (χ1v) is 7.22. The van der Waals surface area contributed by atoms with Crippen molar-refractivity contribution in [3.8, 4) is 0 Å². The first-order valence-electron chi connectivity index (χ1n) is 4.70. The summed E-state index contributed by atoms with van der Waals surface area (Å²) in [6.07, 6.45) is 2.72. The van der Waals surface area contributed by atoms with E-state index in [9.17, 15) is 0 Å². The molecule has 1 aromatic rings. The van der Waals surface area contributed by atoms with Crippen molar-refractivity contribution in [3.63, 3.8) is 0 Å². The monoisotopic (exact) mass is 338 g/mol. The number of thiophene rings is 1. The van der Waals surface area contributed by atoms with Gasteiger partial charge in [0, 0.05) is 20.8 Å². The topological polar surface area (TPSA) is 9.23 Å². The summed E-state index contributed by atoms with van der Waals surface area (Å²) < 4.78 is 6.87. The van der Waals surface area contributed by atoms with Crippen molar-refractivity contribution in [2.45, 2.75) is 30.7 Å². The molecule has 1 aliphatic rings. The van der Waals surface area contributed by atoms with Gasteiger partial charge < -0.3 is 4.74 Å². The van der Waals surface area contributed by atoms with Gasteiger partial charge in [-0.3, -0.25) is 0 Å². The predicted octanol–water partition coefficient (Wildman–Crippen LogP) is 4.43. The number of hydrogen-bond acceptors (Lipinski definition) is 2. The molecule has 2 rings (SSSR count). The Kier molecular flexibility index (Phi) is 3.68.